The number of carboxylic acid groups (broad SMARTS) is 1. The molecule has 0 bridgehead atoms. The molecule has 0 fully saturated rings. The molecule has 1 heterocycles. The number of aryl methyl sites for hydroxylation is 1. The largest absolute Gasteiger partial charge is 0.478 e. The van der Waals surface area contributed by atoms with Crippen LogP contribution in [0, 0.1) is 5.92 Å². The zero-order chi connectivity index (χ0) is 16.8. The van der Waals surface area contributed by atoms with E-state index in [4.69, 9.17) is 5.73 Å². The van der Waals surface area contributed by atoms with Gasteiger partial charge in [-0.3, -0.25) is 0 Å². The van der Waals surface area contributed by atoms with Gasteiger partial charge in [-0.1, -0.05) is 25.1 Å². The fourth-order valence-corrected chi connectivity index (χ4v) is 6.24. The summed E-state index contributed by atoms with van der Waals surface area (Å²) in [5, 5.41) is 9.61. The van der Waals surface area contributed by atoms with Crippen molar-refractivity contribution in [2.75, 3.05) is 0 Å². The number of thiophene rings is 1. The average molecular weight is 351 g/mol. The second kappa shape index (κ2) is 5.74. The van der Waals surface area contributed by atoms with Gasteiger partial charge in [-0.15, -0.1) is 11.3 Å². The molecular weight excluding hydrogens is 334 g/mol. The maximum Gasteiger partial charge on any atom is 0.338 e. The van der Waals surface area contributed by atoms with Crippen molar-refractivity contribution in [2.24, 2.45) is 11.7 Å². The van der Waals surface area contributed by atoms with Gasteiger partial charge in [-0.25, -0.2) is 13.2 Å². The van der Waals surface area contributed by atoms with E-state index in [2.05, 4.69) is 0 Å². The van der Waals surface area contributed by atoms with Gasteiger partial charge >= 0.3 is 5.97 Å². The first kappa shape index (κ1) is 16.2. The average Bonchev–Trinajstić information content (AvgIpc) is 2.93. The van der Waals surface area contributed by atoms with Crippen LogP contribution in [-0.4, -0.2) is 19.5 Å². The number of carbonyl (C=O) groups is 1. The second-order valence-electron chi connectivity index (χ2n) is 5.76. The summed E-state index contributed by atoms with van der Waals surface area (Å²) < 4.78 is 25.6. The number of carboxylic acids is 1. The van der Waals surface area contributed by atoms with Gasteiger partial charge in [0.15, 0.2) is 0 Å². The lowest BCUT2D eigenvalue weighted by Crippen LogP contribution is -2.26. The zero-order valence-electron chi connectivity index (χ0n) is 12.5. The topological polar surface area (TPSA) is 97.5 Å². The monoisotopic (exact) mass is 351 g/mol. The Morgan fingerprint density at radius 1 is 1.30 bits per heavy atom. The molecule has 3 N–H and O–H groups in total. The van der Waals surface area contributed by atoms with Gasteiger partial charge in [0.05, 0.1) is 10.5 Å². The van der Waals surface area contributed by atoms with E-state index in [9.17, 15) is 18.3 Å². The van der Waals surface area contributed by atoms with Crippen LogP contribution >= 0.6 is 11.3 Å². The molecular formula is C16H17NO4S2. The summed E-state index contributed by atoms with van der Waals surface area (Å²) in [6.07, 6.45) is 1.50. The molecule has 0 spiro atoms. The third-order valence-corrected chi connectivity index (χ3v) is 7.83. The lowest BCUT2D eigenvalue weighted by atomic mass is 9.84. The molecule has 1 aliphatic rings. The van der Waals surface area contributed by atoms with Gasteiger partial charge in [0, 0.05) is 10.9 Å². The van der Waals surface area contributed by atoms with Gasteiger partial charge in [0.25, 0.3) is 0 Å². The van der Waals surface area contributed by atoms with Crippen LogP contribution in [0.15, 0.2) is 39.4 Å². The summed E-state index contributed by atoms with van der Waals surface area (Å²) in [7, 11) is -3.87. The van der Waals surface area contributed by atoms with E-state index < -0.39 is 21.8 Å². The van der Waals surface area contributed by atoms with E-state index in [-0.39, 0.29) is 20.6 Å². The highest BCUT2D eigenvalue weighted by Crippen LogP contribution is 2.44. The molecule has 2 atom stereocenters. The summed E-state index contributed by atoms with van der Waals surface area (Å²) in [6.45, 7) is 1.96. The van der Waals surface area contributed by atoms with E-state index in [1.54, 1.807) is 18.2 Å². The molecule has 0 radical (unpaired) electrons. The van der Waals surface area contributed by atoms with Crippen LogP contribution in [0.2, 0.25) is 0 Å². The SMILES string of the molecule is CC1CCc2sc(S(=O)(=O)c3ccccc3)c(C(=O)O)c2C1N. The number of benzene rings is 1. The van der Waals surface area contributed by atoms with Crippen molar-refractivity contribution in [1.82, 2.24) is 0 Å². The van der Waals surface area contributed by atoms with Crippen LogP contribution in [0.5, 0.6) is 0 Å². The van der Waals surface area contributed by atoms with Crippen LogP contribution in [0.3, 0.4) is 0 Å². The Morgan fingerprint density at radius 2 is 1.96 bits per heavy atom. The number of rotatable bonds is 3. The summed E-state index contributed by atoms with van der Waals surface area (Å²) in [6, 6.07) is 7.46. The summed E-state index contributed by atoms with van der Waals surface area (Å²) >= 11 is 1.05. The summed E-state index contributed by atoms with van der Waals surface area (Å²) in [4.78, 5) is 12.7. The van der Waals surface area contributed by atoms with Crippen LogP contribution in [0.4, 0.5) is 0 Å². The Labute approximate surface area is 138 Å². The molecule has 122 valence electrons. The van der Waals surface area contributed by atoms with Crippen LogP contribution in [-0.2, 0) is 16.3 Å². The van der Waals surface area contributed by atoms with Crippen molar-refractivity contribution in [2.45, 2.75) is 34.9 Å². The van der Waals surface area contributed by atoms with E-state index in [1.165, 1.54) is 12.1 Å². The Bertz CT molecular complexity index is 856. The summed E-state index contributed by atoms with van der Waals surface area (Å²) in [5.41, 5.74) is 6.52. The first-order valence-corrected chi connectivity index (χ1v) is 9.58. The number of sulfone groups is 1. The molecule has 1 aromatic heterocycles. The summed E-state index contributed by atoms with van der Waals surface area (Å²) in [5.74, 6) is -1.11. The Morgan fingerprint density at radius 3 is 2.57 bits per heavy atom. The molecule has 2 unspecified atom stereocenters. The van der Waals surface area contributed by atoms with Crippen molar-refractivity contribution in [1.29, 1.82) is 0 Å². The molecule has 3 rings (SSSR count). The Balaban J connectivity index is 2.26. The van der Waals surface area contributed by atoms with E-state index in [0.717, 1.165) is 22.6 Å². The Hall–Kier alpha value is -1.70. The van der Waals surface area contributed by atoms with Gasteiger partial charge in [-0.2, -0.15) is 0 Å². The molecule has 0 saturated heterocycles. The minimum Gasteiger partial charge on any atom is -0.478 e. The number of hydrogen-bond donors (Lipinski definition) is 2. The maximum absolute atomic E-state index is 12.9. The highest BCUT2D eigenvalue weighted by atomic mass is 32.2. The molecule has 0 amide bonds. The molecule has 0 aliphatic heterocycles. The predicted molar refractivity (Wildman–Crippen MR) is 87.6 cm³/mol. The van der Waals surface area contributed by atoms with Crippen LogP contribution < -0.4 is 5.73 Å². The number of aromatic carboxylic acids is 1. The zero-order valence-corrected chi connectivity index (χ0v) is 14.2. The molecule has 7 heteroatoms. The second-order valence-corrected chi connectivity index (χ2v) is 9.01. The molecule has 1 aromatic carbocycles. The van der Waals surface area contributed by atoms with Gasteiger partial charge < -0.3 is 10.8 Å². The number of hydrogen-bond acceptors (Lipinski definition) is 5. The Kier molecular flexibility index (Phi) is 4.03. The third-order valence-electron chi connectivity index (χ3n) is 4.27. The standard InChI is InChI=1S/C16H17NO4S2/c1-9-7-8-11-12(14(9)17)13(15(18)19)16(22-11)23(20,21)10-5-3-2-4-6-10/h2-6,9,14H,7-8,17H2,1H3,(H,18,19). The van der Waals surface area contributed by atoms with Crippen molar-refractivity contribution >= 4 is 27.1 Å². The van der Waals surface area contributed by atoms with Crippen molar-refractivity contribution in [3.05, 3.63) is 46.3 Å². The van der Waals surface area contributed by atoms with E-state index in [0.29, 0.717) is 12.0 Å². The number of fused-ring (bicyclic) bond motifs is 1. The van der Waals surface area contributed by atoms with Gasteiger partial charge in [0.2, 0.25) is 9.84 Å². The molecule has 1 aliphatic carbocycles. The molecule has 23 heavy (non-hydrogen) atoms. The van der Waals surface area contributed by atoms with Crippen molar-refractivity contribution in [3.63, 3.8) is 0 Å². The first-order chi connectivity index (χ1) is 10.8. The highest BCUT2D eigenvalue weighted by molar-refractivity contribution is 7.93. The minimum absolute atomic E-state index is 0.0997. The van der Waals surface area contributed by atoms with Crippen LogP contribution in [0.25, 0.3) is 0 Å². The minimum atomic E-state index is -3.87. The lowest BCUT2D eigenvalue weighted by Gasteiger charge is -2.26. The van der Waals surface area contributed by atoms with E-state index >= 15 is 0 Å². The highest BCUT2D eigenvalue weighted by Gasteiger charge is 2.37. The van der Waals surface area contributed by atoms with Crippen molar-refractivity contribution < 1.29 is 18.3 Å². The lowest BCUT2D eigenvalue weighted by molar-refractivity contribution is 0.0691. The fraction of sp³-hybridized carbons (Fsp3) is 0.312. The molecule has 2 aromatic rings. The van der Waals surface area contributed by atoms with Crippen LogP contribution in [0.1, 0.15) is 40.2 Å². The maximum atomic E-state index is 12.9. The van der Waals surface area contributed by atoms with E-state index in [1.807, 2.05) is 6.92 Å². The fourth-order valence-electron chi connectivity index (χ4n) is 2.93. The number of nitrogens with two attached hydrogens (primary N) is 1. The third kappa shape index (κ3) is 2.58. The van der Waals surface area contributed by atoms with Crippen molar-refractivity contribution in [3.8, 4) is 0 Å². The van der Waals surface area contributed by atoms with Gasteiger partial charge in [0.1, 0.15) is 4.21 Å². The van der Waals surface area contributed by atoms with Gasteiger partial charge in [-0.05, 0) is 36.5 Å². The molecule has 0 saturated carbocycles. The first-order valence-electron chi connectivity index (χ1n) is 7.28. The molecule has 5 nitrogen and oxygen atoms in total. The smallest absolute Gasteiger partial charge is 0.338 e. The quantitative estimate of drug-likeness (QED) is 0.886. The normalized spacial score (nSPS) is 21.0. The predicted octanol–water partition coefficient (Wildman–Crippen LogP) is 2.86.